The molecule has 9 nitrogen and oxygen atoms in total. The second kappa shape index (κ2) is 12.1. The Balaban J connectivity index is 2.45. The molecule has 2 aromatic rings. The Bertz CT molecular complexity index is 1220. The van der Waals surface area contributed by atoms with Crippen LogP contribution in [0.1, 0.15) is 64.6 Å². The van der Waals surface area contributed by atoms with Crippen molar-refractivity contribution in [3.05, 3.63) is 47.4 Å². The minimum Gasteiger partial charge on any atom is -0.460 e. The van der Waals surface area contributed by atoms with Crippen molar-refractivity contribution >= 4 is 28.0 Å². The standard InChI is InChI=1S/C26H36FN3O6S/c1-16(2)23-21(13-12-19(31)14-20(32)15-22(33)36-26(3,4)5)24(17-8-10-18(27)11-9-17)29-25(28-23)30(6)37(7,34)35/h8-13,16,19-20,31-32H,14-15H2,1-7H3. The summed E-state index contributed by atoms with van der Waals surface area (Å²) in [7, 11) is -2.31. The van der Waals surface area contributed by atoms with Gasteiger partial charge in [0.25, 0.3) is 0 Å². The summed E-state index contributed by atoms with van der Waals surface area (Å²) in [5, 5.41) is 20.8. The number of esters is 1. The molecule has 0 amide bonds. The molecule has 2 unspecified atom stereocenters. The molecular formula is C26H36FN3O6S. The molecule has 0 aliphatic heterocycles. The SMILES string of the molecule is CC(C)c1nc(N(C)S(C)(=O)=O)nc(-c2ccc(F)cc2)c1C=CC(O)CC(O)CC(=O)OC(C)(C)C. The van der Waals surface area contributed by atoms with Crippen LogP contribution in [0.5, 0.6) is 0 Å². The molecule has 2 atom stereocenters. The molecule has 2 N–H and O–H groups in total. The van der Waals surface area contributed by atoms with Gasteiger partial charge in [-0.05, 0) is 51.0 Å². The highest BCUT2D eigenvalue weighted by molar-refractivity contribution is 7.92. The molecule has 37 heavy (non-hydrogen) atoms. The van der Waals surface area contributed by atoms with Crippen molar-refractivity contribution in [2.45, 2.75) is 71.2 Å². The Morgan fingerprint density at radius 2 is 1.76 bits per heavy atom. The Labute approximate surface area is 218 Å². The van der Waals surface area contributed by atoms with Crippen LogP contribution in [-0.4, -0.2) is 65.7 Å². The van der Waals surface area contributed by atoms with Crippen LogP contribution in [0.25, 0.3) is 17.3 Å². The summed E-state index contributed by atoms with van der Waals surface area (Å²) < 4.78 is 44.1. The second-order valence-electron chi connectivity index (χ2n) is 10.2. The molecule has 0 spiro atoms. The van der Waals surface area contributed by atoms with Gasteiger partial charge in [-0.25, -0.2) is 27.1 Å². The topological polar surface area (TPSA) is 130 Å². The number of halogens is 1. The molecule has 1 aromatic heterocycles. The van der Waals surface area contributed by atoms with Gasteiger partial charge in [0.15, 0.2) is 0 Å². The van der Waals surface area contributed by atoms with Crippen LogP contribution in [0.4, 0.5) is 10.3 Å². The molecule has 0 saturated carbocycles. The van der Waals surface area contributed by atoms with Gasteiger partial charge < -0.3 is 14.9 Å². The fraction of sp³-hybridized carbons (Fsp3) is 0.500. The summed E-state index contributed by atoms with van der Waals surface area (Å²) >= 11 is 0. The van der Waals surface area contributed by atoms with Crippen LogP contribution < -0.4 is 4.31 Å². The Hall–Kier alpha value is -2.89. The number of rotatable bonds is 10. The second-order valence-corrected chi connectivity index (χ2v) is 12.2. The maximum Gasteiger partial charge on any atom is 0.308 e. The molecule has 0 fully saturated rings. The van der Waals surface area contributed by atoms with E-state index in [1.807, 2.05) is 13.8 Å². The smallest absolute Gasteiger partial charge is 0.308 e. The largest absolute Gasteiger partial charge is 0.460 e. The van der Waals surface area contributed by atoms with E-state index in [1.165, 1.54) is 37.4 Å². The third-order valence-electron chi connectivity index (χ3n) is 5.23. The van der Waals surface area contributed by atoms with Crippen LogP contribution in [0, 0.1) is 5.82 Å². The summed E-state index contributed by atoms with van der Waals surface area (Å²) in [4.78, 5) is 20.9. The minimum atomic E-state index is -3.65. The number of anilines is 1. The third kappa shape index (κ3) is 9.17. The Morgan fingerprint density at radius 3 is 2.27 bits per heavy atom. The Kier molecular flexibility index (Phi) is 9.92. The van der Waals surface area contributed by atoms with Gasteiger partial charge in [-0.1, -0.05) is 26.0 Å². The van der Waals surface area contributed by atoms with E-state index >= 15 is 0 Å². The van der Waals surface area contributed by atoms with Gasteiger partial charge in [-0.15, -0.1) is 0 Å². The van der Waals surface area contributed by atoms with Crippen molar-refractivity contribution in [1.82, 2.24) is 9.97 Å². The van der Waals surface area contributed by atoms with E-state index in [-0.39, 0.29) is 24.7 Å². The van der Waals surface area contributed by atoms with Crippen molar-refractivity contribution in [1.29, 1.82) is 0 Å². The number of hydrogen-bond donors (Lipinski definition) is 2. The average Bonchev–Trinajstić information content (AvgIpc) is 2.75. The summed E-state index contributed by atoms with van der Waals surface area (Å²) in [6, 6.07) is 5.57. The molecule has 204 valence electrons. The van der Waals surface area contributed by atoms with E-state index in [2.05, 4.69) is 9.97 Å². The molecule has 0 saturated heterocycles. The van der Waals surface area contributed by atoms with Crippen molar-refractivity contribution in [3.8, 4) is 11.3 Å². The van der Waals surface area contributed by atoms with Gasteiger partial charge in [0, 0.05) is 24.6 Å². The van der Waals surface area contributed by atoms with E-state index in [9.17, 15) is 27.8 Å². The fourth-order valence-electron chi connectivity index (χ4n) is 3.42. The highest BCUT2D eigenvalue weighted by Crippen LogP contribution is 2.31. The first-order valence-corrected chi connectivity index (χ1v) is 13.7. The van der Waals surface area contributed by atoms with Crippen LogP contribution in [-0.2, 0) is 19.6 Å². The normalized spacial score (nSPS) is 14.1. The highest BCUT2D eigenvalue weighted by atomic mass is 32.2. The van der Waals surface area contributed by atoms with Gasteiger partial charge in [0.1, 0.15) is 11.4 Å². The zero-order valence-electron chi connectivity index (χ0n) is 22.3. The lowest BCUT2D eigenvalue weighted by Gasteiger charge is -2.21. The molecule has 1 aromatic carbocycles. The molecule has 0 aliphatic rings. The molecular weight excluding hydrogens is 501 g/mol. The van der Waals surface area contributed by atoms with E-state index in [4.69, 9.17) is 4.74 Å². The Morgan fingerprint density at radius 1 is 1.16 bits per heavy atom. The third-order valence-corrected chi connectivity index (χ3v) is 6.39. The summed E-state index contributed by atoms with van der Waals surface area (Å²) in [6.45, 7) is 8.92. The first kappa shape index (κ1) is 30.3. The lowest BCUT2D eigenvalue weighted by atomic mass is 9.97. The molecule has 0 bridgehead atoms. The first-order valence-electron chi connectivity index (χ1n) is 11.9. The minimum absolute atomic E-state index is 0.0454. The van der Waals surface area contributed by atoms with E-state index in [0.717, 1.165) is 10.6 Å². The first-order chi connectivity index (χ1) is 17.0. The quantitative estimate of drug-likeness (QED) is 0.439. The van der Waals surface area contributed by atoms with Crippen molar-refractivity contribution in [2.75, 3.05) is 17.6 Å². The summed E-state index contributed by atoms with van der Waals surface area (Å²) in [6.07, 6.45) is 1.44. The molecule has 1 heterocycles. The van der Waals surface area contributed by atoms with Gasteiger partial charge in [-0.3, -0.25) is 4.79 Å². The summed E-state index contributed by atoms with van der Waals surface area (Å²) in [5.41, 5.74) is 1.21. The number of aliphatic hydroxyl groups is 2. The van der Waals surface area contributed by atoms with Gasteiger partial charge in [-0.2, -0.15) is 0 Å². The van der Waals surface area contributed by atoms with Crippen LogP contribution >= 0.6 is 0 Å². The van der Waals surface area contributed by atoms with E-state index in [0.29, 0.717) is 22.5 Å². The number of carbonyl (C=O) groups excluding carboxylic acids is 1. The fourth-order valence-corrected chi connectivity index (χ4v) is 3.80. The van der Waals surface area contributed by atoms with Gasteiger partial charge in [0.2, 0.25) is 16.0 Å². The van der Waals surface area contributed by atoms with Gasteiger partial charge >= 0.3 is 5.97 Å². The lowest BCUT2D eigenvalue weighted by molar-refractivity contribution is -0.157. The zero-order chi connectivity index (χ0) is 28.1. The number of nitrogens with zero attached hydrogens (tertiary/aromatic N) is 3. The van der Waals surface area contributed by atoms with Crippen LogP contribution in [0.3, 0.4) is 0 Å². The molecule has 11 heteroatoms. The number of aromatic nitrogens is 2. The van der Waals surface area contributed by atoms with Gasteiger partial charge in [0.05, 0.1) is 36.3 Å². The number of aliphatic hydroxyl groups excluding tert-OH is 2. The van der Waals surface area contributed by atoms with Crippen LogP contribution in [0.15, 0.2) is 30.3 Å². The van der Waals surface area contributed by atoms with Crippen molar-refractivity contribution in [2.24, 2.45) is 0 Å². The highest BCUT2D eigenvalue weighted by Gasteiger charge is 2.23. The summed E-state index contributed by atoms with van der Waals surface area (Å²) in [5.74, 6) is -1.22. The zero-order valence-corrected chi connectivity index (χ0v) is 23.1. The number of benzene rings is 1. The number of carbonyl (C=O) groups is 1. The number of hydrogen-bond acceptors (Lipinski definition) is 8. The van der Waals surface area contributed by atoms with Crippen molar-refractivity contribution in [3.63, 3.8) is 0 Å². The maximum atomic E-state index is 13.6. The lowest BCUT2D eigenvalue weighted by Crippen LogP contribution is -2.28. The molecule has 0 aliphatic carbocycles. The van der Waals surface area contributed by atoms with E-state index < -0.39 is 39.6 Å². The number of ether oxygens (including phenoxy) is 1. The molecule has 2 rings (SSSR count). The monoisotopic (exact) mass is 537 g/mol. The predicted octanol–water partition coefficient (Wildman–Crippen LogP) is 3.66. The van der Waals surface area contributed by atoms with E-state index in [1.54, 1.807) is 26.8 Å². The average molecular weight is 538 g/mol. The maximum absolute atomic E-state index is 13.6. The van der Waals surface area contributed by atoms with Crippen LogP contribution in [0.2, 0.25) is 0 Å². The van der Waals surface area contributed by atoms with Crippen molar-refractivity contribution < 1.29 is 32.6 Å². The predicted molar refractivity (Wildman–Crippen MR) is 141 cm³/mol. The number of sulfonamides is 1. The molecule has 0 radical (unpaired) electrons.